The van der Waals surface area contributed by atoms with Crippen LogP contribution in [0.4, 0.5) is 0 Å². The van der Waals surface area contributed by atoms with Gasteiger partial charge in [0, 0.05) is 24.9 Å². The lowest BCUT2D eigenvalue weighted by molar-refractivity contribution is 0.741. The van der Waals surface area contributed by atoms with Crippen molar-refractivity contribution in [2.24, 2.45) is 0 Å². The number of imidazole rings is 1. The van der Waals surface area contributed by atoms with Crippen LogP contribution in [0, 0.1) is 0 Å². The highest BCUT2D eigenvalue weighted by molar-refractivity contribution is 5.38. The molecule has 0 aliphatic carbocycles. The zero-order chi connectivity index (χ0) is 9.38. The van der Waals surface area contributed by atoms with Gasteiger partial charge >= 0.3 is 0 Å². The predicted octanol–water partition coefficient (Wildman–Crippen LogP) is 0.806. The Morgan fingerprint density at radius 3 is 3.29 bits per heavy atom. The average Bonchev–Trinajstić information content (AvgIpc) is 2.86. The number of nitrogens with one attached hydrogen (secondary N) is 1. The Kier molecular flexibility index (Phi) is 1.73. The normalized spacial score (nSPS) is 21.9. The summed E-state index contributed by atoms with van der Waals surface area (Å²) in [4.78, 5) is 8.64. The van der Waals surface area contributed by atoms with Gasteiger partial charge in [0.1, 0.15) is 12.0 Å². The van der Waals surface area contributed by atoms with Crippen molar-refractivity contribution in [2.45, 2.75) is 12.3 Å². The Labute approximate surface area is 82.0 Å². The molecule has 4 heteroatoms. The minimum atomic E-state index is 0.579. The van der Waals surface area contributed by atoms with Crippen molar-refractivity contribution in [1.29, 1.82) is 0 Å². The minimum Gasteiger partial charge on any atom is -0.316 e. The molecule has 0 bridgehead atoms. The molecule has 1 atom stereocenters. The van der Waals surface area contributed by atoms with Gasteiger partial charge < -0.3 is 5.32 Å². The van der Waals surface area contributed by atoms with Crippen LogP contribution in [0.15, 0.2) is 24.8 Å². The van der Waals surface area contributed by atoms with Gasteiger partial charge in [-0.2, -0.15) is 0 Å². The van der Waals surface area contributed by atoms with E-state index in [-0.39, 0.29) is 0 Å². The fourth-order valence-electron chi connectivity index (χ4n) is 1.97. The van der Waals surface area contributed by atoms with Crippen LogP contribution in [-0.4, -0.2) is 27.5 Å². The van der Waals surface area contributed by atoms with Gasteiger partial charge in [-0.25, -0.2) is 9.97 Å². The number of nitrogens with zero attached hydrogens (tertiary/aromatic N) is 3. The van der Waals surface area contributed by atoms with Gasteiger partial charge in [-0.05, 0) is 19.0 Å². The summed E-state index contributed by atoms with van der Waals surface area (Å²) in [6.07, 6.45) is 6.85. The molecule has 1 saturated heterocycles. The molecule has 1 unspecified atom stereocenters. The molecule has 1 aliphatic heterocycles. The summed E-state index contributed by atoms with van der Waals surface area (Å²) >= 11 is 0. The van der Waals surface area contributed by atoms with Crippen LogP contribution in [0.25, 0.3) is 5.65 Å². The van der Waals surface area contributed by atoms with E-state index in [2.05, 4.69) is 21.5 Å². The van der Waals surface area contributed by atoms with Crippen molar-refractivity contribution in [3.63, 3.8) is 0 Å². The molecule has 2 aromatic heterocycles. The molecular weight excluding hydrogens is 176 g/mol. The molecule has 14 heavy (non-hydrogen) atoms. The molecule has 4 nitrogen and oxygen atoms in total. The zero-order valence-electron chi connectivity index (χ0n) is 7.85. The van der Waals surface area contributed by atoms with Gasteiger partial charge in [0.25, 0.3) is 0 Å². The third kappa shape index (κ3) is 1.19. The SMILES string of the molecule is c1cc2nc(C3CCNC3)cn2cn1. The van der Waals surface area contributed by atoms with E-state index in [0.29, 0.717) is 5.92 Å². The quantitative estimate of drug-likeness (QED) is 0.720. The molecule has 1 N–H and O–H groups in total. The number of hydrogen-bond donors (Lipinski definition) is 1. The molecule has 3 rings (SSSR count). The van der Waals surface area contributed by atoms with E-state index in [9.17, 15) is 0 Å². The van der Waals surface area contributed by atoms with E-state index in [4.69, 9.17) is 0 Å². The molecule has 0 saturated carbocycles. The second-order valence-electron chi connectivity index (χ2n) is 3.70. The van der Waals surface area contributed by atoms with Gasteiger partial charge in [0.2, 0.25) is 0 Å². The van der Waals surface area contributed by atoms with E-state index in [0.717, 1.165) is 18.7 Å². The van der Waals surface area contributed by atoms with Crippen LogP contribution >= 0.6 is 0 Å². The van der Waals surface area contributed by atoms with Crippen molar-refractivity contribution < 1.29 is 0 Å². The highest BCUT2D eigenvalue weighted by atomic mass is 15.0. The Morgan fingerprint density at radius 2 is 2.50 bits per heavy atom. The fraction of sp³-hybridized carbons (Fsp3) is 0.400. The summed E-state index contributed by atoms with van der Waals surface area (Å²) < 4.78 is 1.98. The monoisotopic (exact) mass is 188 g/mol. The Balaban J connectivity index is 2.05. The van der Waals surface area contributed by atoms with E-state index in [1.807, 2.05) is 10.5 Å². The van der Waals surface area contributed by atoms with E-state index < -0.39 is 0 Å². The lowest BCUT2D eigenvalue weighted by Gasteiger charge is -2.01. The van der Waals surface area contributed by atoms with Crippen LogP contribution in [0.5, 0.6) is 0 Å². The number of aromatic nitrogens is 3. The fourth-order valence-corrected chi connectivity index (χ4v) is 1.97. The molecule has 72 valence electrons. The lowest BCUT2D eigenvalue weighted by Crippen LogP contribution is -2.07. The van der Waals surface area contributed by atoms with Crippen molar-refractivity contribution in [3.8, 4) is 0 Å². The maximum Gasteiger partial charge on any atom is 0.139 e. The molecule has 1 fully saturated rings. The third-order valence-electron chi connectivity index (χ3n) is 2.76. The summed E-state index contributed by atoms with van der Waals surface area (Å²) in [5, 5.41) is 3.35. The summed E-state index contributed by atoms with van der Waals surface area (Å²) in [7, 11) is 0. The Bertz CT molecular complexity index is 409. The van der Waals surface area contributed by atoms with E-state index in [1.54, 1.807) is 12.5 Å². The van der Waals surface area contributed by atoms with Crippen LogP contribution in [0.1, 0.15) is 18.0 Å². The van der Waals surface area contributed by atoms with Crippen molar-refractivity contribution in [1.82, 2.24) is 19.7 Å². The van der Waals surface area contributed by atoms with E-state index >= 15 is 0 Å². The summed E-state index contributed by atoms with van der Waals surface area (Å²) in [5.41, 5.74) is 2.17. The Hall–Kier alpha value is -1.42. The van der Waals surface area contributed by atoms with Crippen LogP contribution in [-0.2, 0) is 0 Å². The molecule has 1 aliphatic rings. The van der Waals surface area contributed by atoms with Gasteiger partial charge in [0.05, 0.1) is 5.69 Å². The van der Waals surface area contributed by atoms with Gasteiger partial charge in [-0.3, -0.25) is 4.40 Å². The van der Waals surface area contributed by atoms with Crippen LogP contribution < -0.4 is 5.32 Å². The topological polar surface area (TPSA) is 42.2 Å². The van der Waals surface area contributed by atoms with Gasteiger partial charge in [0.15, 0.2) is 0 Å². The summed E-state index contributed by atoms with van der Waals surface area (Å²) in [6, 6.07) is 1.94. The van der Waals surface area contributed by atoms with Crippen molar-refractivity contribution >= 4 is 5.65 Å². The first-order chi connectivity index (χ1) is 6.93. The summed E-state index contributed by atoms with van der Waals surface area (Å²) in [6.45, 7) is 2.16. The number of hydrogen-bond acceptors (Lipinski definition) is 3. The highest BCUT2D eigenvalue weighted by Crippen LogP contribution is 2.21. The predicted molar refractivity (Wildman–Crippen MR) is 53.2 cm³/mol. The largest absolute Gasteiger partial charge is 0.316 e. The molecule has 2 aromatic rings. The van der Waals surface area contributed by atoms with E-state index in [1.165, 1.54) is 12.1 Å². The van der Waals surface area contributed by atoms with Gasteiger partial charge in [-0.1, -0.05) is 0 Å². The average molecular weight is 188 g/mol. The standard InChI is InChI=1S/C10H12N4/c1-3-11-5-8(1)9-6-14-7-12-4-2-10(14)13-9/h2,4,6-8,11H,1,3,5H2. The molecule has 0 aromatic carbocycles. The second kappa shape index (κ2) is 3.06. The van der Waals surface area contributed by atoms with Crippen molar-refractivity contribution in [3.05, 3.63) is 30.5 Å². The minimum absolute atomic E-state index is 0.579. The molecule has 3 heterocycles. The maximum absolute atomic E-state index is 4.58. The molecule has 0 spiro atoms. The highest BCUT2D eigenvalue weighted by Gasteiger charge is 2.19. The molecule has 0 radical (unpaired) electrons. The van der Waals surface area contributed by atoms with Crippen LogP contribution in [0.2, 0.25) is 0 Å². The van der Waals surface area contributed by atoms with Crippen molar-refractivity contribution in [2.75, 3.05) is 13.1 Å². The number of fused-ring (bicyclic) bond motifs is 1. The maximum atomic E-state index is 4.58. The zero-order valence-corrected chi connectivity index (χ0v) is 7.85. The molecular formula is C10H12N4. The first-order valence-corrected chi connectivity index (χ1v) is 4.93. The Morgan fingerprint density at radius 1 is 1.50 bits per heavy atom. The first-order valence-electron chi connectivity index (χ1n) is 4.93. The van der Waals surface area contributed by atoms with Crippen LogP contribution in [0.3, 0.4) is 0 Å². The lowest BCUT2D eigenvalue weighted by atomic mass is 10.1. The third-order valence-corrected chi connectivity index (χ3v) is 2.76. The first kappa shape index (κ1) is 7.94. The molecule has 0 amide bonds. The number of rotatable bonds is 1. The van der Waals surface area contributed by atoms with Gasteiger partial charge in [-0.15, -0.1) is 0 Å². The summed E-state index contributed by atoms with van der Waals surface area (Å²) in [5.74, 6) is 0.579. The second-order valence-corrected chi connectivity index (χ2v) is 3.70. The smallest absolute Gasteiger partial charge is 0.139 e.